The molecule has 3 N–H and O–H groups in total. The Kier molecular flexibility index (Phi) is 5.87. The van der Waals surface area contributed by atoms with Crippen molar-refractivity contribution in [3.63, 3.8) is 0 Å². The maximum Gasteiger partial charge on any atom is 0.315 e. The first kappa shape index (κ1) is 15.6. The third-order valence-corrected chi connectivity index (χ3v) is 3.61. The number of para-hydroxylation sites is 1. The summed E-state index contributed by atoms with van der Waals surface area (Å²) in [6.45, 7) is 2.60. The molecule has 1 aromatic rings. The normalized spacial score (nSPS) is 15.9. The lowest BCUT2D eigenvalue weighted by Crippen LogP contribution is -2.36. The van der Waals surface area contributed by atoms with E-state index < -0.39 is 6.10 Å². The van der Waals surface area contributed by atoms with Gasteiger partial charge in [0.25, 0.3) is 0 Å². The smallest absolute Gasteiger partial charge is 0.315 e. The predicted octanol–water partition coefficient (Wildman–Crippen LogP) is 2.19. The summed E-state index contributed by atoms with van der Waals surface area (Å²) in [5.41, 5.74) is 0.982. The molecule has 1 fully saturated rings. The standard InChI is InChI=1S/C16H24N2O3/c1-12(19)9-10-17-16(20)18-11-13-5-2-3-8-15(13)21-14-6-4-7-14/h2-3,5,8,12,14,19H,4,6-7,9-11H2,1H3,(H2,17,18,20). The summed E-state index contributed by atoms with van der Waals surface area (Å²) >= 11 is 0. The number of rotatable bonds is 7. The molecule has 0 heterocycles. The zero-order valence-electron chi connectivity index (χ0n) is 12.5. The Balaban J connectivity index is 1.77. The number of aliphatic hydroxyl groups is 1. The molecule has 1 atom stereocenters. The van der Waals surface area contributed by atoms with Crippen LogP contribution in [-0.2, 0) is 6.54 Å². The molecule has 1 aliphatic carbocycles. The number of carbonyl (C=O) groups excluding carboxylic acids is 1. The highest BCUT2D eigenvalue weighted by Crippen LogP contribution is 2.27. The molecule has 0 aromatic heterocycles. The van der Waals surface area contributed by atoms with Crippen LogP contribution in [0.5, 0.6) is 5.75 Å². The molecule has 2 amide bonds. The van der Waals surface area contributed by atoms with Crippen LogP contribution in [0, 0.1) is 0 Å². The van der Waals surface area contributed by atoms with Gasteiger partial charge < -0.3 is 20.5 Å². The maximum absolute atomic E-state index is 11.7. The average Bonchev–Trinajstić information content (AvgIpc) is 2.41. The van der Waals surface area contributed by atoms with E-state index in [1.54, 1.807) is 6.92 Å². The second-order valence-corrected chi connectivity index (χ2v) is 5.53. The Morgan fingerprint density at radius 1 is 1.38 bits per heavy atom. The first-order valence-corrected chi connectivity index (χ1v) is 7.59. The minimum atomic E-state index is -0.401. The molecule has 21 heavy (non-hydrogen) atoms. The predicted molar refractivity (Wildman–Crippen MR) is 81.2 cm³/mol. The first-order chi connectivity index (χ1) is 10.1. The van der Waals surface area contributed by atoms with Crippen LogP contribution in [0.15, 0.2) is 24.3 Å². The molecule has 0 saturated heterocycles. The van der Waals surface area contributed by atoms with Gasteiger partial charge in [0.2, 0.25) is 0 Å². The first-order valence-electron chi connectivity index (χ1n) is 7.59. The number of hydrogen-bond donors (Lipinski definition) is 3. The molecule has 1 aromatic carbocycles. The number of urea groups is 1. The van der Waals surface area contributed by atoms with Gasteiger partial charge in [-0.1, -0.05) is 18.2 Å². The number of carbonyl (C=O) groups is 1. The Morgan fingerprint density at radius 3 is 2.81 bits per heavy atom. The SMILES string of the molecule is CC(O)CCNC(=O)NCc1ccccc1OC1CCC1. The van der Waals surface area contributed by atoms with E-state index in [-0.39, 0.29) is 6.03 Å². The Morgan fingerprint density at radius 2 is 2.14 bits per heavy atom. The fourth-order valence-corrected chi connectivity index (χ4v) is 2.07. The highest BCUT2D eigenvalue weighted by molar-refractivity contribution is 5.73. The van der Waals surface area contributed by atoms with Gasteiger partial charge in [0.15, 0.2) is 0 Å². The minimum absolute atomic E-state index is 0.228. The zero-order valence-corrected chi connectivity index (χ0v) is 12.5. The van der Waals surface area contributed by atoms with Crippen LogP contribution in [0.1, 0.15) is 38.2 Å². The van der Waals surface area contributed by atoms with Crippen LogP contribution < -0.4 is 15.4 Å². The minimum Gasteiger partial charge on any atom is -0.490 e. The van der Waals surface area contributed by atoms with Crippen molar-refractivity contribution in [2.75, 3.05) is 6.54 Å². The van der Waals surface area contributed by atoms with Crippen molar-refractivity contribution in [1.82, 2.24) is 10.6 Å². The monoisotopic (exact) mass is 292 g/mol. The van der Waals surface area contributed by atoms with Gasteiger partial charge >= 0.3 is 6.03 Å². The quantitative estimate of drug-likeness (QED) is 0.721. The molecule has 0 spiro atoms. The van der Waals surface area contributed by atoms with E-state index >= 15 is 0 Å². The summed E-state index contributed by atoms with van der Waals surface area (Å²) in [4.78, 5) is 11.7. The zero-order chi connectivity index (χ0) is 15.1. The lowest BCUT2D eigenvalue weighted by molar-refractivity contribution is 0.119. The fourth-order valence-electron chi connectivity index (χ4n) is 2.07. The molecule has 0 radical (unpaired) electrons. The van der Waals surface area contributed by atoms with Crippen LogP contribution in [0.3, 0.4) is 0 Å². The molecule has 1 aliphatic rings. The molecule has 0 aliphatic heterocycles. The van der Waals surface area contributed by atoms with Crippen LogP contribution in [0.4, 0.5) is 4.79 Å². The third kappa shape index (κ3) is 5.27. The number of ether oxygens (including phenoxy) is 1. The van der Waals surface area contributed by atoms with Crippen molar-refractivity contribution in [2.24, 2.45) is 0 Å². The van der Waals surface area contributed by atoms with Crippen molar-refractivity contribution >= 4 is 6.03 Å². The summed E-state index contributed by atoms with van der Waals surface area (Å²) in [5, 5.41) is 14.7. The largest absolute Gasteiger partial charge is 0.490 e. The molecule has 1 unspecified atom stereocenters. The van der Waals surface area contributed by atoms with Gasteiger partial charge in [-0.3, -0.25) is 0 Å². The van der Waals surface area contributed by atoms with E-state index in [0.29, 0.717) is 25.6 Å². The molecular formula is C16H24N2O3. The van der Waals surface area contributed by atoms with Gasteiger partial charge in [-0.15, -0.1) is 0 Å². The Bertz CT molecular complexity index is 459. The summed E-state index contributed by atoms with van der Waals surface area (Å²) in [6, 6.07) is 7.56. The van der Waals surface area contributed by atoms with Gasteiger partial charge in [-0.25, -0.2) is 4.79 Å². The summed E-state index contributed by atoms with van der Waals surface area (Å²) in [5.74, 6) is 0.853. The van der Waals surface area contributed by atoms with E-state index in [1.807, 2.05) is 24.3 Å². The molecule has 116 valence electrons. The van der Waals surface area contributed by atoms with Crippen LogP contribution >= 0.6 is 0 Å². The summed E-state index contributed by atoms with van der Waals surface area (Å²) in [7, 11) is 0. The lowest BCUT2D eigenvalue weighted by atomic mass is 9.96. The van der Waals surface area contributed by atoms with Gasteiger partial charge in [0, 0.05) is 18.7 Å². The van der Waals surface area contributed by atoms with E-state index in [0.717, 1.165) is 24.2 Å². The highest BCUT2D eigenvalue weighted by atomic mass is 16.5. The summed E-state index contributed by atoms with van der Waals surface area (Å²) in [6.07, 6.45) is 3.93. The topological polar surface area (TPSA) is 70.6 Å². The van der Waals surface area contributed by atoms with Crippen LogP contribution in [0.2, 0.25) is 0 Å². The van der Waals surface area contributed by atoms with Gasteiger partial charge in [0.05, 0.1) is 12.2 Å². The van der Waals surface area contributed by atoms with E-state index in [1.165, 1.54) is 6.42 Å². The second-order valence-electron chi connectivity index (χ2n) is 5.53. The molecule has 5 nitrogen and oxygen atoms in total. The van der Waals surface area contributed by atoms with Crippen molar-refractivity contribution in [1.29, 1.82) is 0 Å². The lowest BCUT2D eigenvalue weighted by Gasteiger charge is -2.27. The molecule has 5 heteroatoms. The van der Waals surface area contributed by atoms with Crippen LogP contribution in [-0.4, -0.2) is 29.9 Å². The third-order valence-electron chi connectivity index (χ3n) is 3.61. The van der Waals surface area contributed by atoms with Crippen molar-refractivity contribution < 1.29 is 14.6 Å². The molecule has 1 saturated carbocycles. The molecule has 2 rings (SSSR count). The van der Waals surface area contributed by atoms with Crippen LogP contribution in [0.25, 0.3) is 0 Å². The Hall–Kier alpha value is -1.75. The number of benzene rings is 1. The average molecular weight is 292 g/mol. The maximum atomic E-state index is 11.7. The molecule has 0 bridgehead atoms. The van der Waals surface area contributed by atoms with Gasteiger partial charge in [0.1, 0.15) is 5.75 Å². The van der Waals surface area contributed by atoms with Gasteiger partial charge in [-0.05, 0) is 38.7 Å². The van der Waals surface area contributed by atoms with E-state index in [2.05, 4.69) is 10.6 Å². The number of nitrogens with one attached hydrogen (secondary N) is 2. The van der Waals surface area contributed by atoms with Crippen molar-refractivity contribution in [2.45, 2.75) is 51.4 Å². The fraction of sp³-hybridized carbons (Fsp3) is 0.562. The highest BCUT2D eigenvalue weighted by Gasteiger charge is 2.20. The van der Waals surface area contributed by atoms with Crippen molar-refractivity contribution in [3.05, 3.63) is 29.8 Å². The number of amides is 2. The Labute approximate surface area is 125 Å². The molecular weight excluding hydrogens is 268 g/mol. The number of aliphatic hydroxyl groups excluding tert-OH is 1. The van der Waals surface area contributed by atoms with Crippen molar-refractivity contribution in [3.8, 4) is 5.75 Å². The second kappa shape index (κ2) is 7.88. The van der Waals surface area contributed by atoms with E-state index in [4.69, 9.17) is 9.84 Å². The van der Waals surface area contributed by atoms with E-state index in [9.17, 15) is 4.79 Å². The number of hydrogen-bond acceptors (Lipinski definition) is 3. The summed E-state index contributed by atoms with van der Waals surface area (Å²) < 4.78 is 5.92. The van der Waals surface area contributed by atoms with Gasteiger partial charge in [-0.2, -0.15) is 0 Å².